The van der Waals surface area contributed by atoms with E-state index in [4.69, 9.17) is 25.0 Å². The van der Waals surface area contributed by atoms with Crippen molar-refractivity contribution < 1.29 is 17.7 Å². The third-order valence-electron chi connectivity index (χ3n) is 9.66. The molecule has 4 aromatic carbocycles. The second-order valence-corrected chi connectivity index (χ2v) is 19.8. The van der Waals surface area contributed by atoms with Crippen molar-refractivity contribution in [2.45, 2.75) is 132 Å². The first kappa shape index (κ1) is 39.7. The summed E-state index contributed by atoms with van der Waals surface area (Å²) in [4.78, 5) is 0. The zero-order valence-electron chi connectivity index (χ0n) is 33.2. The highest BCUT2D eigenvalue weighted by Crippen LogP contribution is 2.55. The fraction of sp³-hybridized carbons (Fsp3) is 0.455. The molecule has 0 atom stereocenters. The van der Waals surface area contributed by atoms with Gasteiger partial charge in [-0.3, -0.25) is 0 Å². The standard InChI is InChI=1S/C44H58ClO4P/c1-27-17-21-33(35-23-19-31(41(5,6)7)25-37(35)43(11,12)13)29(3)39(27)47-50(46,49-45)48-40-28(2)18-22-34(30(40)4)36-24-20-32(42(8,9)10)26-38(36)44(14,15)16/h17-26H,1-16H3. The Morgan fingerprint density at radius 1 is 0.480 bits per heavy atom. The molecule has 0 spiro atoms. The van der Waals surface area contributed by atoms with Crippen molar-refractivity contribution in [2.24, 2.45) is 0 Å². The summed E-state index contributed by atoms with van der Waals surface area (Å²) in [6.45, 7) is 34.5. The van der Waals surface area contributed by atoms with Crippen LogP contribution in [0.15, 0.2) is 60.7 Å². The lowest BCUT2D eigenvalue weighted by Gasteiger charge is -2.29. The summed E-state index contributed by atoms with van der Waals surface area (Å²) in [5, 5.41) is 0. The largest absolute Gasteiger partial charge is 0.604 e. The van der Waals surface area contributed by atoms with Crippen LogP contribution >= 0.6 is 19.7 Å². The Kier molecular flexibility index (Phi) is 11.0. The number of hydrogen-bond acceptors (Lipinski definition) is 4. The summed E-state index contributed by atoms with van der Waals surface area (Å²) in [5.74, 6) is 0.843. The highest BCUT2D eigenvalue weighted by molar-refractivity contribution is 7.50. The first-order valence-electron chi connectivity index (χ1n) is 17.6. The molecule has 0 aliphatic rings. The molecule has 50 heavy (non-hydrogen) atoms. The average molecular weight is 717 g/mol. The van der Waals surface area contributed by atoms with Crippen LogP contribution in [0.5, 0.6) is 11.5 Å². The lowest BCUT2D eigenvalue weighted by molar-refractivity contribution is 0.305. The quantitative estimate of drug-likeness (QED) is 0.179. The van der Waals surface area contributed by atoms with Crippen molar-refractivity contribution in [1.29, 1.82) is 0 Å². The Bertz CT molecular complexity index is 1810. The van der Waals surface area contributed by atoms with E-state index in [1.54, 1.807) is 0 Å². The molecule has 0 N–H and O–H groups in total. The lowest BCUT2D eigenvalue weighted by Crippen LogP contribution is -2.17. The van der Waals surface area contributed by atoms with Gasteiger partial charge in [0.05, 0.1) is 11.9 Å². The number of hydrogen-bond donors (Lipinski definition) is 0. The van der Waals surface area contributed by atoms with Gasteiger partial charge in [-0.15, -0.1) is 0 Å². The molecule has 0 fully saturated rings. The maximum atomic E-state index is 14.4. The number of halogens is 1. The van der Waals surface area contributed by atoms with E-state index in [0.29, 0.717) is 11.5 Å². The summed E-state index contributed by atoms with van der Waals surface area (Å²) in [7, 11) is -4.36. The van der Waals surface area contributed by atoms with Gasteiger partial charge in [0.1, 0.15) is 11.5 Å². The number of phosphoric ester groups is 1. The predicted molar refractivity (Wildman–Crippen MR) is 213 cm³/mol. The van der Waals surface area contributed by atoms with Gasteiger partial charge in [0.25, 0.3) is 0 Å². The Morgan fingerprint density at radius 2 is 0.800 bits per heavy atom. The maximum absolute atomic E-state index is 14.4. The van der Waals surface area contributed by atoms with Crippen LogP contribution in [-0.2, 0) is 30.3 Å². The molecule has 0 saturated carbocycles. The second kappa shape index (κ2) is 13.8. The third-order valence-corrected chi connectivity index (χ3v) is 11.2. The second-order valence-electron chi connectivity index (χ2n) is 18.0. The van der Waals surface area contributed by atoms with Crippen molar-refractivity contribution in [3.8, 4) is 33.8 Å². The number of benzene rings is 4. The van der Waals surface area contributed by atoms with Gasteiger partial charge in [0.15, 0.2) is 0 Å². The average Bonchev–Trinajstić information content (AvgIpc) is 2.99. The topological polar surface area (TPSA) is 44.8 Å². The van der Waals surface area contributed by atoms with Gasteiger partial charge < -0.3 is 9.05 Å². The van der Waals surface area contributed by atoms with E-state index in [9.17, 15) is 4.57 Å². The molecule has 4 nitrogen and oxygen atoms in total. The summed E-state index contributed by atoms with van der Waals surface area (Å²) in [6, 6.07) is 21.5. The van der Waals surface area contributed by atoms with Crippen LogP contribution in [0.3, 0.4) is 0 Å². The number of aryl methyl sites for hydroxylation is 2. The smallest absolute Gasteiger partial charge is 0.394 e. The maximum Gasteiger partial charge on any atom is 0.604 e. The molecular formula is C44H58ClO4P. The van der Waals surface area contributed by atoms with E-state index in [-0.39, 0.29) is 21.7 Å². The van der Waals surface area contributed by atoms with E-state index >= 15 is 0 Å². The van der Waals surface area contributed by atoms with Gasteiger partial charge >= 0.3 is 7.82 Å². The molecule has 0 aliphatic heterocycles. The lowest BCUT2D eigenvalue weighted by atomic mass is 9.76. The highest BCUT2D eigenvalue weighted by Gasteiger charge is 2.35. The molecule has 0 heterocycles. The minimum absolute atomic E-state index is 0.00848. The molecule has 0 bridgehead atoms. The summed E-state index contributed by atoms with van der Waals surface area (Å²) in [5.41, 5.74) is 12.2. The van der Waals surface area contributed by atoms with E-state index in [1.807, 2.05) is 39.8 Å². The normalized spacial score (nSPS) is 13.1. The molecule has 0 amide bonds. The van der Waals surface area contributed by atoms with E-state index < -0.39 is 7.82 Å². The van der Waals surface area contributed by atoms with Crippen molar-refractivity contribution in [3.63, 3.8) is 0 Å². The van der Waals surface area contributed by atoms with E-state index in [1.165, 1.54) is 22.3 Å². The Balaban J connectivity index is 1.82. The summed E-state index contributed by atoms with van der Waals surface area (Å²) in [6.07, 6.45) is 0. The monoisotopic (exact) mass is 716 g/mol. The zero-order valence-corrected chi connectivity index (χ0v) is 34.9. The molecule has 0 radical (unpaired) electrons. The van der Waals surface area contributed by atoms with Gasteiger partial charge in [0.2, 0.25) is 0 Å². The van der Waals surface area contributed by atoms with Gasteiger partial charge in [-0.1, -0.05) is 144 Å². The number of phosphoric acid groups is 1. The van der Waals surface area contributed by atoms with Crippen LogP contribution < -0.4 is 9.05 Å². The molecule has 4 aromatic rings. The SMILES string of the molecule is Cc1ccc(-c2ccc(C(C)(C)C)cc2C(C)(C)C)c(C)c1OP(=O)(OCl)Oc1c(C)ccc(-c2ccc(C(C)(C)C)cc2C(C)(C)C)c1C. The van der Waals surface area contributed by atoms with Crippen LogP contribution in [0.25, 0.3) is 22.3 Å². The fourth-order valence-corrected chi connectivity index (χ4v) is 7.79. The first-order valence-corrected chi connectivity index (χ1v) is 19.4. The molecule has 270 valence electrons. The van der Waals surface area contributed by atoms with Gasteiger partial charge in [-0.2, -0.15) is 4.08 Å². The Hall–Kier alpha value is -3.04. The van der Waals surface area contributed by atoms with E-state index in [0.717, 1.165) is 44.5 Å². The van der Waals surface area contributed by atoms with Gasteiger partial charge in [-0.05, 0) is 116 Å². The van der Waals surface area contributed by atoms with Crippen LogP contribution in [0.4, 0.5) is 0 Å². The summed E-state index contributed by atoms with van der Waals surface area (Å²) < 4.78 is 32.0. The van der Waals surface area contributed by atoms with Crippen molar-refractivity contribution in [3.05, 3.63) is 105 Å². The first-order chi connectivity index (χ1) is 22.8. The van der Waals surface area contributed by atoms with Crippen LogP contribution in [0.1, 0.15) is 128 Å². The van der Waals surface area contributed by atoms with Crippen LogP contribution in [0.2, 0.25) is 0 Å². The third kappa shape index (κ3) is 8.36. The molecular weight excluding hydrogens is 659 g/mol. The molecule has 0 saturated heterocycles. The fourth-order valence-electron chi connectivity index (χ4n) is 6.52. The van der Waals surface area contributed by atoms with Crippen molar-refractivity contribution >= 4 is 19.7 Å². The number of rotatable bonds is 7. The molecule has 6 heteroatoms. The Morgan fingerprint density at radius 3 is 1.08 bits per heavy atom. The highest BCUT2D eigenvalue weighted by atomic mass is 35.5. The van der Waals surface area contributed by atoms with E-state index in [2.05, 4.69) is 132 Å². The van der Waals surface area contributed by atoms with Crippen molar-refractivity contribution in [1.82, 2.24) is 0 Å². The molecule has 0 aliphatic carbocycles. The molecule has 0 unspecified atom stereocenters. The predicted octanol–water partition coefficient (Wildman–Crippen LogP) is 14.2. The minimum Gasteiger partial charge on any atom is -0.394 e. The van der Waals surface area contributed by atoms with Crippen LogP contribution in [-0.4, -0.2) is 0 Å². The summed E-state index contributed by atoms with van der Waals surface area (Å²) >= 11 is 6.01. The zero-order chi connectivity index (χ0) is 37.8. The van der Waals surface area contributed by atoms with Crippen LogP contribution in [0, 0.1) is 27.7 Å². The molecule has 4 rings (SSSR count). The minimum atomic E-state index is -4.36. The van der Waals surface area contributed by atoms with Gasteiger partial charge in [-0.25, -0.2) is 4.57 Å². The Labute approximate surface area is 307 Å². The molecule has 0 aromatic heterocycles. The van der Waals surface area contributed by atoms with Crippen molar-refractivity contribution in [2.75, 3.05) is 0 Å². The van der Waals surface area contributed by atoms with Gasteiger partial charge in [0, 0.05) is 0 Å².